The highest BCUT2D eigenvalue weighted by molar-refractivity contribution is 7.15. The molecule has 31 heavy (non-hydrogen) atoms. The Morgan fingerprint density at radius 1 is 1.13 bits per heavy atom. The summed E-state index contributed by atoms with van der Waals surface area (Å²) in [6, 6.07) is 14.4. The van der Waals surface area contributed by atoms with Gasteiger partial charge in [0.05, 0.1) is 17.0 Å². The fraction of sp³-hybridized carbons (Fsp3) is 0.385. The summed E-state index contributed by atoms with van der Waals surface area (Å²) in [5.41, 5.74) is 5.28. The summed E-state index contributed by atoms with van der Waals surface area (Å²) >= 11 is 1.60. The minimum atomic E-state index is 0.0411. The van der Waals surface area contributed by atoms with Crippen molar-refractivity contribution in [3.05, 3.63) is 69.9 Å². The summed E-state index contributed by atoms with van der Waals surface area (Å²) in [4.78, 5) is 21.3. The van der Waals surface area contributed by atoms with Gasteiger partial charge in [-0.3, -0.25) is 4.79 Å². The van der Waals surface area contributed by atoms with Crippen LogP contribution in [-0.4, -0.2) is 36.0 Å². The molecule has 0 N–H and O–H groups in total. The summed E-state index contributed by atoms with van der Waals surface area (Å²) in [7, 11) is 1.69. The zero-order valence-electron chi connectivity index (χ0n) is 18.8. The van der Waals surface area contributed by atoms with E-state index in [1.807, 2.05) is 30.0 Å². The van der Waals surface area contributed by atoms with E-state index in [0.717, 1.165) is 39.7 Å². The second-order valence-corrected chi connectivity index (χ2v) is 9.67. The number of methoxy groups -OCH3 is 1. The molecule has 1 saturated carbocycles. The lowest BCUT2D eigenvalue weighted by Gasteiger charge is -2.23. The Hall–Kier alpha value is -2.66. The lowest BCUT2D eigenvalue weighted by atomic mass is 10.0. The maximum absolute atomic E-state index is 13.7. The van der Waals surface area contributed by atoms with E-state index in [0.29, 0.717) is 18.2 Å². The van der Waals surface area contributed by atoms with Crippen molar-refractivity contribution >= 4 is 17.2 Å². The van der Waals surface area contributed by atoms with Crippen LogP contribution in [0.4, 0.5) is 0 Å². The number of nitrogens with zero attached hydrogens (tertiary/aromatic N) is 2. The second kappa shape index (κ2) is 9.23. The molecule has 1 aliphatic carbocycles. The van der Waals surface area contributed by atoms with Crippen molar-refractivity contribution in [3.63, 3.8) is 0 Å². The maximum atomic E-state index is 13.7. The number of ether oxygens (including phenoxy) is 1. The Bertz CT molecular complexity index is 1080. The first kappa shape index (κ1) is 21.6. The molecule has 1 aliphatic rings. The molecule has 0 unspecified atom stereocenters. The molecule has 0 aliphatic heterocycles. The number of carbonyl (C=O) groups is 1. The molecule has 3 aromatic rings. The molecule has 0 saturated heterocycles. The molecule has 1 aromatic heterocycles. The fourth-order valence-corrected chi connectivity index (χ4v) is 4.76. The number of hydrogen-bond donors (Lipinski definition) is 0. The lowest BCUT2D eigenvalue weighted by Crippen LogP contribution is -2.35. The van der Waals surface area contributed by atoms with Crippen LogP contribution in [0.15, 0.2) is 42.5 Å². The largest absolute Gasteiger partial charge is 0.496 e. The second-order valence-electron chi connectivity index (χ2n) is 8.47. The van der Waals surface area contributed by atoms with Gasteiger partial charge in [0.15, 0.2) is 0 Å². The molecule has 4 rings (SSSR count). The highest BCUT2D eigenvalue weighted by Crippen LogP contribution is 2.34. The third kappa shape index (κ3) is 4.99. The molecule has 0 spiro atoms. The van der Waals surface area contributed by atoms with Crippen LogP contribution in [0, 0.1) is 26.7 Å². The minimum Gasteiger partial charge on any atom is -0.496 e. The molecule has 0 bridgehead atoms. The topological polar surface area (TPSA) is 42.4 Å². The summed E-state index contributed by atoms with van der Waals surface area (Å²) in [5, 5.41) is 0.924. The Kier molecular flexibility index (Phi) is 6.42. The molecule has 1 fully saturated rings. The Morgan fingerprint density at radius 3 is 2.61 bits per heavy atom. The molecule has 162 valence electrons. The molecule has 1 heterocycles. The molecule has 4 nitrogen and oxygen atoms in total. The number of aromatic nitrogens is 1. The van der Waals surface area contributed by atoms with Crippen LogP contribution in [0.3, 0.4) is 0 Å². The SMILES string of the molecule is COc1ccccc1CCN(CC1CC1)C(=O)c1nc(C)sc1-c1ccc(C)c(C)c1. The van der Waals surface area contributed by atoms with Crippen LogP contribution < -0.4 is 4.74 Å². The van der Waals surface area contributed by atoms with E-state index in [-0.39, 0.29) is 5.91 Å². The van der Waals surface area contributed by atoms with Crippen molar-refractivity contribution in [2.24, 2.45) is 5.92 Å². The van der Waals surface area contributed by atoms with E-state index in [1.54, 1.807) is 18.4 Å². The quantitative estimate of drug-likeness (QED) is 0.447. The van der Waals surface area contributed by atoms with Gasteiger partial charge in [-0.05, 0) is 74.3 Å². The van der Waals surface area contributed by atoms with Crippen LogP contribution in [0.1, 0.15) is 45.0 Å². The highest BCUT2D eigenvalue weighted by Gasteiger charge is 2.30. The standard InChI is InChI=1S/C26H30N2O2S/c1-17-9-12-22(15-18(17)2)25-24(27-19(3)31-25)26(29)28(16-20-10-11-20)14-13-21-7-5-6-8-23(21)30-4/h5-9,12,15,20H,10-11,13-14,16H2,1-4H3. The number of hydrogen-bond acceptors (Lipinski definition) is 4. The van der Waals surface area contributed by atoms with Crippen molar-refractivity contribution in [2.45, 2.75) is 40.0 Å². The van der Waals surface area contributed by atoms with Gasteiger partial charge in [-0.1, -0.05) is 36.4 Å². The summed E-state index contributed by atoms with van der Waals surface area (Å²) in [6.07, 6.45) is 3.18. The normalized spacial score (nSPS) is 13.3. The first-order valence-corrected chi connectivity index (χ1v) is 11.7. The molecule has 1 amide bonds. The van der Waals surface area contributed by atoms with E-state index in [1.165, 1.54) is 24.0 Å². The highest BCUT2D eigenvalue weighted by atomic mass is 32.1. The van der Waals surface area contributed by atoms with Gasteiger partial charge in [0, 0.05) is 13.1 Å². The summed E-state index contributed by atoms with van der Waals surface area (Å²) < 4.78 is 5.50. The van der Waals surface area contributed by atoms with Gasteiger partial charge in [-0.25, -0.2) is 4.98 Å². The van der Waals surface area contributed by atoms with Gasteiger partial charge in [-0.2, -0.15) is 0 Å². The number of benzene rings is 2. The first-order valence-electron chi connectivity index (χ1n) is 10.9. The van der Waals surface area contributed by atoms with Crippen molar-refractivity contribution in [2.75, 3.05) is 20.2 Å². The molecular formula is C26H30N2O2S. The third-order valence-corrected chi connectivity index (χ3v) is 7.03. The third-order valence-electron chi connectivity index (χ3n) is 6.01. The fourth-order valence-electron chi connectivity index (χ4n) is 3.85. The van der Waals surface area contributed by atoms with Crippen LogP contribution in [0.2, 0.25) is 0 Å². The van der Waals surface area contributed by atoms with Crippen molar-refractivity contribution < 1.29 is 9.53 Å². The minimum absolute atomic E-state index is 0.0411. The lowest BCUT2D eigenvalue weighted by molar-refractivity contribution is 0.0744. The number of rotatable bonds is 8. The van der Waals surface area contributed by atoms with Crippen LogP contribution in [0.5, 0.6) is 5.75 Å². The number of amides is 1. The van der Waals surface area contributed by atoms with Gasteiger partial charge in [0.25, 0.3) is 5.91 Å². The molecule has 0 radical (unpaired) electrons. The maximum Gasteiger partial charge on any atom is 0.274 e. The van der Waals surface area contributed by atoms with E-state index in [2.05, 4.69) is 43.1 Å². The Labute approximate surface area is 188 Å². The zero-order valence-corrected chi connectivity index (χ0v) is 19.6. The van der Waals surface area contributed by atoms with E-state index >= 15 is 0 Å². The van der Waals surface area contributed by atoms with Crippen molar-refractivity contribution in [3.8, 4) is 16.2 Å². The van der Waals surface area contributed by atoms with E-state index in [4.69, 9.17) is 4.74 Å². The molecular weight excluding hydrogens is 404 g/mol. The molecule has 5 heteroatoms. The molecule has 2 aromatic carbocycles. The number of aryl methyl sites for hydroxylation is 3. The number of para-hydroxylation sites is 1. The number of carbonyl (C=O) groups excluding carboxylic acids is 1. The average molecular weight is 435 g/mol. The van der Waals surface area contributed by atoms with Gasteiger partial charge >= 0.3 is 0 Å². The van der Waals surface area contributed by atoms with Crippen molar-refractivity contribution in [1.29, 1.82) is 0 Å². The molecule has 0 atom stereocenters. The van der Waals surface area contributed by atoms with Gasteiger partial charge in [-0.15, -0.1) is 11.3 Å². The summed E-state index contributed by atoms with van der Waals surface area (Å²) in [6.45, 7) is 7.67. The van der Waals surface area contributed by atoms with E-state index < -0.39 is 0 Å². The van der Waals surface area contributed by atoms with Gasteiger partial charge in [0.1, 0.15) is 11.4 Å². The van der Waals surface area contributed by atoms with Crippen LogP contribution in [-0.2, 0) is 6.42 Å². The Balaban J connectivity index is 1.61. The predicted octanol–water partition coefficient (Wildman–Crippen LogP) is 5.84. The first-order chi connectivity index (χ1) is 15.0. The van der Waals surface area contributed by atoms with E-state index in [9.17, 15) is 4.79 Å². The predicted molar refractivity (Wildman–Crippen MR) is 127 cm³/mol. The average Bonchev–Trinajstić information content (AvgIpc) is 3.51. The summed E-state index contributed by atoms with van der Waals surface area (Å²) in [5.74, 6) is 1.53. The van der Waals surface area contributed by atoms with Crippen LogP contribution >= 0.6 is 11.3 Å². The monoisotopic (exact) mass is 434 g/mol. The van der Waals surface area contributed by atoms with Crippen LogP contribution in [0.25, 0.3) is 10.4 Å². The number of thiazole rings is 1. The van der Waals surface area contributed by atoms with Crippen molar-refractivity contribution in [1.82, 2.24) is 9.88 Å². The van der Waals surface area contributed by atoms with Gasteiger partial charge in [0.2, 0.25) is 0 Å². The Morgan fingerprint density at radius 2 is 1.90 bits per heavy atom. The van der Waals surface area contributed by atoms with Gasteiger partial charge < -0.3 is 9.64 Å². The smallest absolute Gasteiger partial charge is 0.274 e. The zero-order chi connectivity index (χ0) is 22.0.